The quantitative estimate of drug-likeness (QED) is 0.314. The van der Waals surface area contributed by atoms with Gasteiger partial charge in [0.1, 0.15) is 11.9 Å². The molecule has 1 fully saturated rings. The Morgan fingerprint density at radius 2 is 1.81 bits per heavy atom. The van der Waals surface area contributed by atoms with Gasteiger partial charge in [-0.3, -0.25) is 9.59 Å². The minimum absolute atomic E-state index is 0. The Kier molecular flexibility index (Phi) is 7.55. The number of esters is 1. The number of benzene rings is 1. The molecule has 2 aromatic heterocycles. The first-order valence-corrected chi connectivity index (χ1v) is 11.1. The molecular formula is C23H25F4N5O5. The number of nitrogens with one attached hydrogen (secondary N) is 2. The maximum Gasteiger partial charge on any atom is 0.419 e. The van der Waals surface area contributed by atoms with Gasteiger partial charge in [0.2, 0.25) is 5.88 Å². The van der Waals surface area contributed by atoms with Crippen LogP contribution in [0, 0.1) is 11.7 Å². The van der Waals surface area contributed by atoms with Crippen LogP contribution in [0.3, 0.4) is 0 Å². The normalized spacial score (nSPS) is 17.6. The van der Waals surface area contributed by atoms with Crippen molar-refractivity contribution in [1.82, 2.24) is 15.2 Å². The van der Waals surface area contributed by atoms with Gasteiger partial charge in [0, 0.05) is 14.6 Å². The van der Waals surface area contributed by atoms with E-state index in [4.69, 9.17) is 13.9 Å². The second kappa shape index (κ2) is 10.8. The fraction of sp³-hybridized carbons (Fsp3) is 0.348. The Labute approximate surface area is 210 Å². The minimum atomic E-state index is -4.89. The third-order valence-electron chi connectivity index (χ3n) is 5.63. The molecule has 200 valence electrons. The summed E-state index contributed by atoms with van der Waals surface area (Å²) in [5.74, 6) is -2.67. The van der Waals surface area contributed by atoms with Crippen molar-refractivity contribution in [2.24, 2.45) is 5.92 Å². The average molecular weight is 527 g/mol. The van der Waals surface area contributed by atoms with Gasteiger partial charge in [-0.25, -0.2) is 9.37 Å². The summed E-state index contributed by atoms with van der Waals surface area (Å²) in [7, 11) is 1.37. The molecular weight excluding hydrogens is 502 g/mol. The Morgan fingerprint density at radius 1 is 1.08 bits per heavy atom. The van der Waals surface area contributed by atoms with Crippen molar-refractivity contribution in [3.63, 3.8) is 0 Å². The maximum atomic E-state index is 13.4. The maximum absolute atomic E-state index is 13.4. The first-order chi connectivity index (χ1) is 17.6. The summed E-state index contributed by atoms with van der Waals surface area (Å²) in [5.41, 5.74) is -1.33. The van der Waals surface area contributed by atoms with E-state index in [9.17, 15) is 27.2 Å². The van der Waals surface area contributed by atoms with Crippen LogP contribution in [-0.2, 0) is 15.7 Å². The number of methoxy groups -OCH3 is 1. The first-order valence-electron chi connectivity index (χ1n) is 11.1. The molecule has 0 bridgehead atoms. The predicted molar refractivity (Wildman–Crippen MR) is 124 cm³/mol. The molecule has 1 aromatic carbocycles. The number of hydrogen-bond donors (Lipinski definition) is 2. The Morgan fingerprint density at radius 3 is 2.46 bits per heavy atom. The van der Waals surface area contributed by atoms with Crippen LogP contribution < -0.4 is 15.4 Å². The molecule has 0 unspecified atom stereocenters. The average Bonchev–Trinajstić information content (AvgIpc) is 3.34. The number of rotatable bonds is 7. The van der Waals surface area contributed by atoms with E-state index in [0.29, 0.717) is 49.4 Å². The molecule has 2 N–H and O–H groups in total. The molecule has 1 saturated carbocycles. The van der Waals surface area contributed by atoms with Crippen molar-refractivity contribution in [3.8, 4) is 5.88 Å². The van der Waals surface area contributed by atoms with E-state index in [2.05, 4.69) is 25.8 Å². The zero-order valence-corrected chi connectivity index (χ0v) is 19.3. The third kappa shape index (κ3) is 6.51. The molecule has 10 nitrogen and oxygen atoms in total. The smallest absolute Gasteiger partial charge is 0.419 e. The molecule has 1 aliphatic carbocycles. The van der Waals surface area contributed by atoms with E-state index in [1.54, 1.807) is 12.1 Å². The first kappa shape index (κ1) is 25.9. The molecule has 37 heavy (non-hydrogen) atoms. The Bertz CT molecular complexity index is 1270. The van der Waals surface area contributed by atoms with E-state index >= 15 is 0 Å². The van der Waals surface area contributed by atoms with Crippen LogP contribution in [-0.4, -0.2) is 40.3 Å². The molecule has 0 radical (unpaired) electrons. The number of halogens is 4. The number of alkyl halides is 3. The number of pyridine rings is 1. The molecule has 3 aromatic rings. The van der Waals surface area contributed by atoms with Crippen LogP contribution in [0.4, 0.5) is 35.0 Å². The summed E-state index contributed by atoms with van der Waals surface area (Å²) < 4.78 is 67.8. The summed E-state index contributed by atoms with van der Waals surface area (Å²) in [5, 5.41) is 12.0. The number of hydrogen-bond acceptors (Lipinski definition) is 9. The molecule has 1 aliphatic rings. The van der Waals surface area contributed by atoms with Crippen molar-refractivity contribution in [2.75, 3.05) is 17.7 Å². The van der Waals surface area contributed by atoms with Crippen molar-refractivity contribution in [2.45, 2.75) is 38.0 Å². The lowest BCUT2D eigenvalue weighted by Crippen LogP contribution is -2.28. The van der Waals surface area contributed by atoms with Gasteiger partial charge >= 0.3 is 30.0 Å². The fourth-order valence-electron chi connectivity index (χ4n) is 3.77. The molecule has 0 saturated heterocycles. The van der Waals surface area contributed by atoms with E-state index < -0.39 is 29.4 Å². The van der Waals surface area contributed by atoms with Gasteiger partial charge in [-0.05, 0) is 49.9 Å². The number of ether oxygens (including phenoxy) is 2. The van der Waals surface area contributed by atoms with Crippen LogP contribution in [0.1, 0.15) is 44.8 Å². The molecule has 0 atom stereocenters. The Hall–Kier alpha value is -4.23. The van der Waals surface area contributed by atoms with Gasteiger partial charge in [-0.15, -0.1) is 5.10 Å². The van der Waals surface area contributed by atoms with Gasteiger partial charge in [-0.1, -0.05) is 5.10 Å². The van der Waals surface area contributed by atoms with E-state index in [0.717, 1.165) is 6.07 Å². The molecule has 14 heteroatoms. The van der Waals surface area contributed by atoms with Gasteiger partial charge < -0.3 is 24.5 Å². The second-order valence-electron chi connectivity index (χ2n) is 8.18. The molecule has 0 aliphatic heterocycles. The van der Waals surface area contributed by atoms with E-state index in [-0.39, 0.29) is 32.5 Å². The number of carbonyl (C=O) groups is 2. The van der Waals surface area contributed by atoms with Crippen LogP contribution >= 0.6 is 0 Å². The lowest BCUT2D eigenvalue weighted by molar-refractivity contribution is -0.147. The van der Waals surface area contributed by atoms with Crippen LogP contribution in [0.15, 0.2) is 40.9 Å². The third-order valence-corrected chi connectivity index (χ3v) is 5.63. The highest BCUT2D eigenvalue weighted by molar-refractivity contribution is 6.00. The highest BCUT2D eigenvalue weighted by Crippen LogP contribution is 2.33. The summed E-state index contributed by atoms with van der Waals surface area (Å²) in [6.45, 7) is 0. The van der Waals surface area contributed by atoms with E-state index in [1.165, 1.54) is 13.3 Å². The number of carbonyl (C=O) groups excluding carboxylic acids is 2. The van der Waals surface area contributed by atoms with Gasteiger partial charge in [0.15, 0.2) is 0 Å². The predicted octanol–water partition coefficient (Wildman–Crippen LogP) is 5.22. The lowest BCUT2D eigenvalue weighted by atomic mass is 9.87. The highest BCUT2D eigenvalue weighted by atomic mass is 19.4. The minimum Gasteiger partial charge on any atom is -0.474 e. The van der Waals surface area contributed by atoms with Crippen molar-refractivity contribution >= 4 is 29.3 Å². The van der Waals surface area contributed by atoms with Gasteiger partial charge in [-0.2, -0.15) is 13.2 Å². The van der Waals surface area contributed by atoms with E-state index in [1.807, 2.05) is 0 Å². The largest absolute Gasteiger partial charge is 0.474 e. The van der Waals surface area contributed by atoms with Crippen molar-refractivity contribution in [1.29, 1.82) is 0 Å². The SMILES string of the molecule is COC(=O)C1CCC(Oc2ccc(NC(=O)c3nnc(Nc4ccc(F)c(C(F)(F)F)c4)o3)cn2)CC1.[HH].[HH]. The Balaban J connectivity index is 0.00000267. The summed E-state index contributed by atoms with van der Waals surface area (Å²) in [6, 6.07) is 4.98. The zero-order valence-electron chi connectivity index (χ0n) is 19.3. The fourth-order valence-corrected chi connectivity index (χ4v) is 3.77. The lowest BCUT2D eigenvalue weighted by Gasteiger charge is -2.27. The van der Waals surface area contributed by atoms with Gasteiger partial charge in [0.05, 0.1) is 30.5 Å². The van der Waals surface area contributed by atoms with Crippen LogP contribution in [0.5, 0.6) is 5.88 Å². The number of nitrogens with zero attached hydrogens (tertiary/aromatic N) is 3. The molecule has 4 rings (SSSR count). The van der Waals surface area contributed by atoms with Crippen LogP contribution in [0.2, 0.25) is 0 Å². The number of aromatic nitrogens is 3. The van der Waals surface area contributed by atoms with Crippen molar-refractivity contribution < 1.29 is 43.9 Å². The number of amides is 1. The van der Waals surface area contributed by atoms with Crippen molar-refractivity contribution in [3.05, 3.63) is 53.8 Å². The summed E-state index contributed by atoms with van der Waals surface area (Å²) >= 11 is 0. The van der Waals surface area contributed by atoms with Crippen LogP contribution in [0.25, 0.3) is 0 Å². The molecule has 0 spiro atoms. The standard InChI is InChI=1S/C23H21F4N5O5.2H2/c1-35-21(34)12-2-6-15(7-3-12)36-18-9-5-14(11-28-18)29-19(33)20-31-32-22(37-20)30-13-4-8-17(24)16(10-13)23(25,26)27;;/h4-5,8-12,15H,2-3,6-7H2,1H3,(H,29,33)(H,30,32);2*1H. The highest BCUT2D eigenvalue weighted by Gasteiger charge is 2.34. The molecule has 2 heterocycles. The second-order valence-corrected chi connectivity index (χ2v) is 8.18. The topological polar surface area (TPSA) is 128 Å². The monoisotopic (exact) mass is 527 g/mol. The summed E-state index contributed by atoms with van der Waals surface area (Å²) in [6.07, 6.45) is -0.924. The summed E-state index contributed by atoms with van der Waals surface area (Å²) in [4.78, 5) is 28.2. The number of anilines is 3. The molecule has 1 amide bonds. The zero-order chi connectivity index (χ0) is 26.6. The van der Waals surface area contributed by atoms with Gasteiger partial charge in [0.25, 0.3) is 0 Å².